The van der Waals surface area contributed by atoms with E-state index in [9.17, 15) is 14.7 Å². The Labute approximate surface area is 205 Å². The largest absolute Gasteiger partial charge is 0.489 e. The third-order valence-electron chi connectivity index (χ3n) is 5.84. The fraction of sp³-hybridized carbons (Fsp3) is 0.192. The maximum Gasteiger partial charge on any atom is 0.356 e. The van der Waals surface area contributed by atoms with E-state index in [1.165, 1.54) is 6.33 Å². The average molecular weight is 486 g/mol. The molecule has 182 valence electrons. The van der Waals surface area contributed by atoms with Gasteiger partial charge >= 0.3 is 11.9 Å². The molecule has 0 atom stereocenters. The van der Waals surface area contributed by atoms with Crippen LogP contribution in [0.5, 0.6) is 11.5 Å². The first-order valence-electron chi connectivity index (χ1n) is 11.2. The highest BCUT2D eigenvalue weighted by atomic mass is 16.5. The molecule has 0 unspecified atom stereocenters. The molecule has 2 aromatic carbocycles. The van der Waals surface area contributed by atoms with E-state index in [4.69, 9.17) is 14.6 Å². The number of fused-ring (bicyclic) bond motifs is 3. The van der Waals surface area contributed by atoms with E-state index < -0.39 is 18.5 Å². The van der Waals surface area contributed by atoms with Crippen LogP contribution < -0.4 is 9.47 Å². The van der Waals surface area contributed by atoms with E-state index in [0.717, 1.165) is 27.9 Å². The van der Waals surface area contributed by atoms with Crippen LogP contribution in [-0.2, 0) is 30.8 Å². The topological polar surface area (TPSA) is 137 Å². The van der Waals surface area contributed by atoms with Gasteiger partial charge in [-0.1, -0.05) is 12.1 Å². The van der Waals surface area contributed by atoms with Gasteiger partial charge in [0.15, 0.2) is 12.3 Å². The summed E-state index contributed by atoms with van der Waals surface area (Å²) in [7, 11) is 0. The highest BCUT2D eigenvalue weighted by Gasteiger charge is 2.28. The van der Waals surface area contributed by atoms with Crippen molar-refractivity contribution in [3.8, 4) is 22.8 Å². The van der Waals surface area contributed by atoms with Gasteiger partial charge in [0.25, 0.3) is 0 Å². The molecule has 0 fully saturated rings. The minimum atomic E-state index is -1.07. The molecule has 4 aromatic rings. The molecule has 0 bridgehead atoms. The third kappa shape index (κ3) is 4.88. The van der Waals surface area contributed by atoms with Gasteiger partial charge in [0, 0.05) is 29.1 Å². The van der Waals surface area contributed by atoms with Crippen LogP contribution in [0, 0.1) is 0 Å². The molecular formula is C26H22N4O6. The SMILES string of the molecule is O=C(O)COc1cccc(Cn2nc(C(=O)O)c3c2-c2ccc(OCc4cncnc4)cc2CC3)c1. The van der Waals surface area contributed by atoms with Gasteiger partial charge in [-0.05, 0) is 54.3 Å². The number of aromatic nitrogens is 4. The zero-order chi connectivity index (χ0) is 25.1. The standard InChI is InChI=1S/C26H22N4O6/c31-23(32)14-36-19-3-1-2-16(8-19)12-30-25-21-7-5-20(35-13-17-10-27-15-28-11-17)9-18(21)4-6-22(25)24(29-30)26(33)34/h1-3,5,7-11,15H,4,6,12-14H2,(H,31,32)(H,33,34). The zero-order valence-electron chi connectivity index (χ0n) is 19.1. The second kappa shape index (κ2) is 9.87. The van der Waals surface area contributed by atoms with Crippen molar-refractivity contribution >= 4 is 11.9 Å². The fourth-order valence-electron chi connectivity index (χ4n) is 4.30. The molecule has 0 radical (unpaired) electrons. The number of nitrogens with zero attached hydrogens (tertiary/aromatic N) is 4. The number of aryl methyl sites for hydroxylation is 1. The van der Waals surface area contributed by atoms with E-state index in [1.54, 1.807) is 35.3 Å². The molecule has 0 saturated carbocycles. The van der Waals surface area contributed by atoms with Crippen LogP contribution in [0.15, 0.2) is 61.2 Å². The van der Waals surface area contributed by atoms with Crippen molar-refractivity contribution in [1.82, 2.24) is 19.7 Å². The molecule has 5 rings (SSSR count). The van der Waals surface area contributed by atoms with Gasteiger partial charge in [-0.15, -0.1) is 0 Å². The molecule has 2 N–H and O–H groups in total. The summed E-state index contributed by atoms with van der Waals surface area (Å²) in [5.74, 6) is -1.02. The maximum atomic E-state index is 11.9. The molecular weight excluding hydrogens is 464 g/mol. The molecule has 10 heteroatoms. The molecule has 1 aliphatic carbocycles. The van der Waals surface area contributed by atoms with Crippen LogP contribution in [0.1, 0.15) is 32.7 Å². The van der Waals surface area contributed by atoms with Crippen LogP contribution in [0.25, 0.3) is 11.3 Å². The van der Waals surface area contributed by atoms with Gasteiger partial charge in [-0.25, -0.2) is 19.6 Å². The Morgan fingerprint density at radius 2 is 1.75 bits per heavy atom. The highest BCUT2D eigenvalue weighted by Crippen LogP contribution is 2.37. The minimum absolute atomic E-state index is 0.0401. The molecule has 2 heterocycles. The van der Waals surface area contributed by atoms with Gasteiger partial charge < -0.3 is 19.7 Å². The van der Waals surface area contributed by atoms with Gasteiger partial charge in [-0.2, -0.15) is 5.10 Å². The smallest absolute Gasteiger partial charge is 0.356 e. The predicted octanol–water partition coefficient (Wildman–Crippen LogP) is 3.23. The van der Waals surface area contributed by atoms with E-state index >= 15 is 0 Å². The van der Waals surface area contributed by atoms with Crippen LogP contribution in [0.4, 0.5) is 0 Å². The van der Waals surface area contributed by atoms with Crippen LogP contribution >= 0.6 is 0 Å². The Hall–Kier alpha value is -4.73. The number of carboxylic acid groups (broad SMARTS) is 2. The van der Waals surface area contributed by atoms with Gasteiger partial charge in [0.05, 0.1) is 12.2 Å². The second-order valence-corrected chi connectivity index (χ2v) is 8.32. The number of hydrogen-bond donors (Lipinski definition) is 2. The van der Waals surface area contributed by atoms with Crippen LogP contribution in [0.3, 0.4) is 0 Å². The number of aromatic carboxylic acids is 1. The maximum absolute atomic E-state index is 11.9. The predicted molar refractivity (Wildman–Crippen MR) is 127 cm³/mol. The lowest BCUT2D eigenvalue weighted by molar-refractivity contribution is -0.139. The number of carbonyl (C=O) groups is 2. The monoisotopic (exact) mass is 486 g/mol. The average Bonchev–Trinajstić information content (AvgIpc) is 3.26. The van der Waals surface area contributed by atoms with Crippen molar-refractivity contribution < 1.29 is 29.3 Å². The highest BCUT2D eigenvalue weighted by molar-refractivity contribution is 5.90. The van der Waals surface area contributed by atoms with Crippen molar-refractivity contribution in [3.63, 3.8) is 0 Å². The Morgan fingerprint density at radius 1 is 0.944 bits per heavy atom. The lowest BCUT2D eigenvalue weighted by atomic mass is 9.88. The Bertz CT molecular complexity index is 1430. The number of benzene rings is 2. The molecule has 1 aliphatic rings. The summed E-state index contributed by atoms with van der Waals surface area (Å²) in [5, 5.41) is 23.1. The quantitative estimate of drug-likeness (QED) is 0.365. The lowest BCUT2D eigenvalue weighted by Crippen LogP contribution is -2.11. The molecule has 0 saturated heterocycles. The van der Waals surface area contributed by atoms with E-state index in [2.05, 4.69) is 15.1 Å². The molecule has 2 aromatic heterocycles. The number of ether oxygens (including phenoxy) is 2. The van der Waals surface area contributed by atoms with Gasteiger partial charge in [0.2, 0.25) is 0 Å². The number of hydrogen-bond acceptors (Lipinski definition) is 7. The van der Waals surface area contributed by atoms with Crippen molar-refractivity contribution in [2.24, 2.45) is 0 Å². The van der Waals surface area contributed by atoms with E-state index in [-0.39, 0.29) is 5.69 Å². The summed E-state index contributed by atoms with van der Waals surface area (Å²) in [6.07, 6.45) is 6.07. The summed E-state index contributed by atoms with van der Waals surface area (Å²) in [6.45, 7) is 0.191. The summed E-state index contributed by atoms with van der Waals surface area (Å²) >= 11 is 0. The summed E-state index contributed by atoms with van der Waals surface area (Å²) in [6, 6.07) is 12.8. The molecule has 0 amide bonds. The first kappa shape index (κ1) is 23.0. The first-order chi connectivity index (χ1) is 17.5. The lowest BCUT2D eigenvalue weighted by Gasteiger charge is -2.20. The van der Waals surface area contributed by atoms with Crippen LogP contribution in [0.2, 0.25) is 0 Å². The molecule has 10 nitrogen and oxygen atoms in total. The van der Waals surface area contributed by atoms with Crippen molar-refractivity contribution in [2.75, 3.05) is 6.61 Å². The summed E-state index contributed by atoms with van der Waals surface area (Å²) in [5.41, 5.74) is 5.11. The fourth-order valence-corrected chi connectivity index (χ4v) is 4.30. The van der Waals surface area contributed by atoms with Crippen molar-refractivity contribution in [3.05, 3.63) is 89.1 Å². The Kier molecular flexibility index (Phi) is 6.31. The van der Waals surface area contributed by atoms with Crippen molar-refractivity contribution in [2.45, 2.75) is 26.0 Å². The number of aliphatic carboxylic acids is 1. The second-order valence-electron chi connectivity index (χ2n) is 8.32. The number of rotatable bonds is 9. The normalized spacial score (nSPS) is 11.9. The minimum Gasteiger partial charge on any atom is -0.489 e. The summed E-state index contributed by atoms with van der Waals surface area (Å²) in [4.78, 5) is 30.8. The van der Waals surface area contributed by atoms with E-state index in [0.29, 0.717) is 43.1 Å². The zero-order valence-corrected chi connectivity index (χ0v) is 19.1. The number of carboxylic acids is 2. The van der Waals surface area contributed by atoms with Gasteiger partial charge in [0.1, 0.15) is 24.4 Å². The molecule has 0 aliphatic heterocycles. The van der Waals surface area contributed by atoms with Crippen molar-refractivity contribution in [1.29, 1.82) is 0 Å². The van der Waals surface area contributed by atoms with E-state index in [1.807, 2.05) is 24.3 Å². The van der Waals surface area contributed by atoms with Gasteiger partial charge in [-0.3, -0.25) is 4.68 Å². The summed E-state index contributed by atoms with van der Waals surface area (Å²) < 4.78 is 12.9. The molecule has 36 heavy (non-hydrogen) atoms. The van der Waals surface area contributed by atoms with Crippen LogP contribution in [-0.4, -0.2) is 48.5 Å². The molecule has 0 spiro atoms. The Balaban J connectivity index is 1.44. The first-order valence-corrected chi connectivity index (χ1v) is 11.2. The third-order valence-corrected chi connectivity index (χ3v) is 5.84. The Morgan fingerprint density at radius 3 is 2.53 bits per heavy atom.